The summed E-state index contributed by atoms with van der Waals surface area (Å²) in [6, 6.07) is 21.1. The molecule has 5 rings (SSSR count). The van der Waals surface area contributed by atoms with E-state index in [-0.39, 0.29) is 11.8 Å². The molecule has 5 nitrogen and oxygen atoms in total. The van der Waals surface area contributed by atoms with Crippen LogP contribution in [0.4, 0.5) is 5.69 Å². The summed E-state index contributed by atoms with van der Waals surface area (Å²) >= 11 is 12.9. The number of para-hydroxylation sites is 4. The maximum Gasteiger partial charge on any atom is 0.227 e. The summed E-state index contributed by atoms with van der Waals surface area (Å²) in [7, 11) is 1.61. The van der Waals surface area contributed by atoms with E-state index in [0.717, 1.165) is 28.1 Å². The lowest BCUT2D eigenvalue weighted by molar-refractivity contribution is -0.117. The molecular weight excluding hydrogens is 445 g/mol. The number of halogens is 2. The van der Waals surface area contributed by atoms with Crippen molar-refractivity contribution in [2.75, 3.05) is 18.6 Å². The molecule has 4 aromatic rings. The van der Waals surface area contributed by atoms with Gasteiger partial charge >= 0.3 is 0 Å². The van der Waals surface area contributed by atoms with Crippen LogP contribution in [0, 0.1) is 0 Å². The third-order valence-corrected chi connectivity index (χ3v) is 6.64. The zero-order valence-electron chi connectivity index (χ0n) is 17.5. The second kappa shape index (κ2) is 8.49. The van der Waals surface area contributed by atoms with Gasteiger partial charge < -0.3 is 14.2 Å². The van der Waals surface area contributed by atoms with Crippen LogP contribution in [-0.2, 0) is 11.3 Å². The Morgan fingerprint density at radius 1 is 1.00 bits per heavy atom. The standard InChI is InChI=1S/C25H21Cl2N3O2/c1-32-23-12-5-4-11-22(23)29-14-16(13-24(29)31)25-28-20-9-2-3-10-21(20)30(25)15-17-18(26)7-6-8-19(17)27/h2-12,16H,13-15H2,1H3. The number of amides is 1. The molecule has 1 amide bonds. The van der Waals surface area contributed by atoms with Crippen molar-refractivity contribution in [3.8, 4) is 5.75 Å². The minimum absolute atomic E-state index is 0.0499. The van der Waals surface area contributed by atoms with Crippen molar-refractivity contribution < 1.29 is 9.53 Å². The molecule has 2 heterocycles. The highest BCUT2D eigenvalue weighted by atomic mass is 35.5. The second-order valence-corrected chi connectivity index (χ2v) is 8.64. The predicted octanol–water partition coefficient (Wildman–Crippen LogP) is 5.92. The summed E-state index contributed by atoms with van der Waals surface area (Å²) in [5, 5.41) is 1.22. The van der Waals surface area contributed by atoms with E-state index in [1.165, 1.54) is 0 Å². The molecule has 1 saturated heterocycles. The minimum Gasteiger partial charge on any atom is -0.495 e. The first kappa shape index (κ1) is 20.9. The first-order chi connectivity index (χ1) is 15.6. The van der Waals surface area contributed by atoms with Gasteiger partial charge in [0, 0.05) is 34.5 Å². The molecule has 1 aliphatic heterocycles. The van der Waals surface area contributed by atoms with Crippen molar-refractivity contribution in [1.82, 2.24) is 9.55 Å². The van der Waals surface area contributed by atoms with E-state index in [9.17, 15) is 4.79 Å². The Kier molecular flexibility index (Phi) is 5.53. The Hall–Kier alpha value is -3.02. The second-order valence-electron chi connectivity index (χ2n) is 7.82. The number of hydrogen-bond acceptors (Lipinski definition) is 3. The lowest BCUT2D eigenvalue weighted by atomic mass is 10.1. The van der Waals surface area contributed by atoms with E-state index < -0.39 is 0 Å². The van der Waals surface area contributed by atoms with Crippen LogP contribution in [0.2, 0.25) is 10.0 Å². The number of rotatable bonds is 5. The topological polar surface area (TPSA) is 47.4 Å². The lowest BCUT2D eigenvalue weighted by Crippen LogP contribution is -2.25. The lowest BCUT2D eigenvalue weighted by Gasteiger charge is -2.20. The number of nitrogens with zero attached hydrogens (tertiary/aromatic N) is 3. The fourth-order valence-corrected chi connectivity index (χ4v) is 4.90. The molecule has 0 bridgehead atoms. The molecule has 0 N–H and O–H groups in total. The van der Waals surface area contributed by atoms with E-state index in [1.807, 2.05) is 66.7 Å². The van der Waals surface area contributed by atoms with Gasteiger partial charge in [-0.1, -0.05) is 53.5 Å². The Bertz CT molecular complexity index is 1300. The molecule has 32 heavy (non-hydrogen) atoms. The SMILES string of the molecule is COc1ccccc1N1CC(c2nc3ccccc3n2Cc2c(Cl)cccc2Cl)CC1=O. The van der Waals surface area contributed by atoms with E-state index in [1.54, 1.807) is 12.0 Å². The molecule has 0 spiro atoms. The van der Waals surface area contributed by atoms with Gasteiger partial charge in [0.25, 0.3) is 0 Å². The normalized spacial score (nSPS) is 16.2. The zero-order valence-corrected chi connectivity index (χ0v) is 19.0. The van der Waals surface area contributed by atoms with Gasteiger partial charge in [-0.3, -0.25) is 4.79 Å². The average molecular weight is 466 g/mol. The van der Waals surface area contributed by atoms with Gasteiger partial charge in [-0.05, 0) is 36.4 Å². The van der Waals surface area contributed by atoms with Gasteiger partial charge in [-0.25, -0.2) is 4.98 Å². The molecule has 1 aromatic heterocycles. The Balaban J connectivity index is 1.56. The summed E-state index contributed by atoms with van der Waals surface area (Å²) < 4.78 is 7.61. The zero-order chi connectivity index (χ0) is 22.2. The number of carbonyl (C=O) groups excluding carboxylic acids is 1. The summed E-state index contributed by atoms with van der Waals surface area (Å²) in [5.41, 5.74) is 3.49. The van der Waals surface area contributed by atoms with E-state index in [0.29, 0.717) is 35.3 Å². The van der Waals surface area contributed by atoms with Crippen molar-refractivity contribution in [3.63, 3.8) is 0 Å². The first-order valence-electron chi connectivity index (χ1n) is 10.4. The summed E-state index contributed by atoms with van der Waals surface area (Å²) in [4.78, 5) is 19.7. The highest BCUT2D eigenvalue weighted by molar-refractivity contribution is 6.36. The van der Waals surface area contributed by atoms with Crippen LogP contribution in [0.1, 0.15) is 23.7 Å². The predicted molar refractivity (Wildman–Crippen MR) is 128 cm³/mol. The van der Waals surface area contributed by atoms with Gasteiger partial charge in [0.2, 0.25) is 5.91 Å². The van der Waals surface area contributed by atoms with Crippen LogP contribution in [-0.4, -0.2) is 29.1 Å². The third kappa shape index (κ3) is 3.61. The highest BCUT2D eigenvalue weighted by Crippen LogP contribution is 2.37. The molecule has 162 valence electrons. The maximum atomic E-state index is 13.0. The number of carbonyl (C=O) groups is 1. The van der Waals surface area contributed by atoms with Crippen LogP contribution in [0.3, 0.4) is 0 Å². The van der Waals surface area contributed by atoms with Gasteiger partial charge in [0.15, 0.2) is 0 Å². The van der Waals surface area contributed by atoms with Crippen molar-refractivity contribution in [2.24, 2.45) is 0 Å². The number of fused-ring (bicyclic) bond motifs is 1. The van der Waals surface area contributed by atoms with E-state index in [2.05, 4.69) is 4.57 Å². The molecule has 1 atom stereocenters. The smallest absolute Gasteiger partial charge is 0.227 e. The molecule has 3 aromatic carbocycles. The van der Waals surface area contributed by atoms with Crippen molar-refractivity contribution in [1.29, 1.82) is 0 Å². The van der Waals surface area contributed by atoms with Crippen LogP contribution in [0.5, 0.6) is 5.75 Å². The summed E-state index contributed by atoms with van der Waals surface area (Å²) in [5.74, 6) is 1.51. The number of imidazole rings is 1. The summed E-state index contributed by atoms with van der Waals surface area (Å²) in [6.07, 6.45) is 0.373. The number of hydrogen-bond donors (Lipinski definition) is 0. The molecule has 0 radical (unpaired) electrons. The molecule has 1 fully saturated rings. The summed E-state index contributed by atoms with van der Waals surface area (Å²) in [6.45, 7) is 1.01. The molecule has 1 aliphatic rings. The minimum atomic E-state index is -0.0684. The van der Waals surface area contributed by atoms with E-state index in [4.69, 9.17) is 32.9 Å². The van der Waals surface area contributed by atoms with Crippen molar-refractivity contribution >= 4 is 45.8 Å². The van der Waals surface area contributed by atoms with Crippen molar-refractivity contribution in [2.45, 2.75) is 18.9 Å². The number of methoxy groups -OCH3 is 1. The van der Waals surface area contributed by atoms with Crippen molar-refractivity contribution in [3.05, 3.63) is 88.2 Å². The first-order valence-corrected chi connectivity index (χ1v) is 11.1. The fraction of sp³-hybridized carbons (Fsp3) is 0.200. The monoisotopic (exact) mass is 465 g/mol. The quantitative estimate of drug-likeness (QED) is 0.367. The van der Waals surface area contributed by atoms with Crippen LogP contribution >= 0.6 is 23.2 Å². The van der Waals surface area contributed by atoms with Gasteiger partial charge in [0.05, 0.1) is 30.4 Å². The molecule has 1 unspecified atom stereocenters. The van der Waals surface area contributed by atoms with Gasteiger partial charge in [-0.2, -0.15) is 0 Å². The Morgan fingerprint density at radius 3 is 2.50 bits per heavy atom. The average Bonchev–Trinajstić information content (AvgIpc) is 3.36. The van der Waals surface area contributed by atoms with Crippen LogP contribution in [0.15, 0.2) is 66.7 Å². The molecule has 0 saturated carbocycles. The van der Waals surface area contributed by atoms with Gasteiger partial charge in [-0.15, -0.1) is 0 Å². The number of ether oxygens (including phenoxy) is 1. The van der Waals surface area contributed by atoms with E-state index >= 15 is 0 Å². The number of anilines is 1. The Morgan fingerprint density at radius 2 is 1.72 bits per heavy atom. The van der Waals surface area contributed by atoms with Gasteiger partial charge in [0.1, 0.15) is 11.6 Å². The largest absolute Gasteiger partial charge is 0.495 e. The van der Waals surface area contributed by atoms with Crippen LogP contribution in [0.25, 0.3) is 11.0 Å². The maximum absolute atomic E-state index is 13.0. The highest BCUT2D eigenvalue weighted by Gasteiger charge is 2.36. The van der Waals surface area contributed by atoms with Crippen LogP contribution < -0.4 is 9.64 Å². The molecule has 0 aliphatic carbocycles. The fourth-order valence-electron chi connectivity index (χ4n) is 4.38. The Labute approximate surface area is 196 Å². The number of benzene rings is 3. The molecule has 7 heteroatoms. The molecular formula is C25H21Cl2N3O2. The number of aromatic nitrogens is 2. The third-order valence-electron chi connectivity index (χ3n) is 5.93.